The van der Waals surface area contributed by atoms with Crippen LogP contribution in [0.1, 0.15) is 49.4 Å². The van der Waals surface area contributed by atoms with E-state index >= 15 is 0 Å². The normalized spacial score (nSPS) is 23.2. The maximum Gasteiger partial charge on any atom is 0.253 e. The van der Waals surface area contributed by atoms with Crippen LogP contribution < -0.4 is 4.90 Å². The quantitative estimate of drug-likeness (QED) is 0.830. The third-order valence-electron chi connectivity index (χ3n) is 4.78. The number of hydrogen-bond donors (Lipinski definition) is 0. The van der Waals surface area contributed by atoms with Gasteiger partial charge in [-0.2, -0.15) is 0 Å². The molecule has 0 spiro atoms. The van der Waals surface area contributed by atoms with E-state index in [1.807, 2.05) is 17.0 Å². The molecule has 3 heteroatoms. The van der Waals surface area contributed by atoms with Crippen LogP contribution in [-0.2, 0) is 0 Å². The summed E-state index contributed by atoms with van der Waals surface area (Å²) in [6, 6.07) is 8.24. The Kier molecular flexibility index (Phi) is 4.47. The topological polar surface area (TPSA) is 23.6 Å². The van der Waals surface area contributed by atoms with Crippen LogP contribution in [0.15, 0.2) is 24.3 Å². The second kappa shape index (κ2) is 6.50. The highest BCUT2D eigenvalue weighted by atomic mass is 16.2. The number of piperidine rings is 2. The monoisotopic (exact) mass is 286 g/mol. The Morgan fingerprint density at radius 3 is 2.38 bits per heavy atom. The molecule has 21 heavy (non-hydrogen) atoms. The number of rotatable bonds is 2. The van der Waals surface area contributed by atoms with Crippen molar-refractivity contribution in [3.63, 3.8) is 0 Å². The number of benzene rings is 1. The van der Waals surface area contributed by atoms with Gasteiger partial charge in [0.05, 0.1) is 0 Å². The van der Waals surface area contributed by atoms with E-state index in [0.29, 0.717) is 5.92 Å². The maximum atomic E-state index is 12.5. The van der Waals surface area contributed by atoms with E-state index in [1.54, 1.807) is 0 Å². The van der Waals surface area contributed by atoms with Crippen molar-refractivity contribution in [2.24, 2.45) is 5.92 Å². The van der Waals surface area contributed by atoms with E-state index in [2.05, 4.69) is 24.0 Å². The highest BCUT2D eigenvalue weighted by molar-refractivity contribution is 5.94. The van der Waals surface area contributed by atoms with Gasteiger partial charge >= 0.3 is 0 Å². The number of anilines is 1. The summed E-state index contributed by atoms with van der Waals surface area (Å²) in [6.45, 7) is 6.36. The molecule has 2 fully saturated rings. The lowest BCUT2D eigenvalue weighted by Crippen LogP contribution is -2.39. The molecule has 3 nitrogen and oxygen atoms in total. The minimum absolute atomic E-state index is 0.201. The van der Waals surface area contributed by atoms with E-state index in [1.165, 1.54) is 31.4 Å². The van der Waals surface area contributed by atoms with Crippen molar-refractivity contribution in [3.8, 4) is 0 Å². The van der Waals surface area contributed by atoms with Gasteiger partial charge in [0.25, 0.3) is 5.91 Å². The highest BCUT2D eigenvalue weighted by Gasteiger charge is 2.22. The molecule has 1 atom stereocenters. The Hall–Kier alpha value is -1.51. The smallest absolute Gasteiger partial charge is 0.253 e. The van der Waals surface area contributed by atoms with Crippen molar-refractivity contribution in [2.75, 3.05) is 31.1 Å². The van der Waals surface area contributed by atoms with Gasteiger partial charge in [-0.1, -0.05) is 6.92 Å². The first-order valence-corrected chi connectivity index (χ1v) is 8.38. The van der Waals surface area contributed by atoms with Crippen LogP contribution in [0.25, 0.3) is 0 Å². The number of nitrogens with zero attached hydrogens (tertiary/aromatic N) is 2. The number of carbonyl (C=O) groups excluding carboxylic acids is 1. The average Bonchev–Trinajstić information content (AvgIpc) is 2.55. The van der Waals surface area contributed by atoms with Crippen LogP contribution in [0, 0.1) is 5.92 Å². The van der Waals surface area contributed by atoms with E-state index in [0.717, 1.165) is 38.2 Å². The van der Waals surface area contributed by atoms with Crippen molar-refractivity contribution in [3.05, 3.63) is 29.8 Å². The molecular weight excluding hydrogens is 260 g/mol. The molecule has 1 amide bonds. The molecule has 0 aliphatic carbocycles. The summed E-state index contributed by atoms with van der Waals surface area (Å²) in [7, 11) is 0. The molecule has 0 radical (unpaired) electrons. The third-order valence-corrected chi connectivity index (χ3v) is 4.78. The molecule has 2 aliphatic heterocycles. The second-order valence-corrected chi connectivity index (χ2v) is 6.59. The Balaban J connectivity index is 1.67. The van der Waals surface area contributed by atoms with Gasteiger partial charge < -0.3 is 9.80 Å². The lowest BCUT2D eigenvalue weighted by atomic mass is 9.99. The van der Waals surface area contributed by atoms with E-state index in [9.17, 15) is 4.79 Å². The minimum Gasteiger partial charge on any atom is -0.372 e. The lowest BCUT2D eigenvalue weighted by Gasteiger charge is -2.31. The third kappa shape index (κ3) is 3.39. The summed E-state index contributed by atoms with van der Waals surface area (Å²) in [5, 5.41) is 0. The molecule has 2 aliphatic rings. The summed E-state index contributed by atoms with van der Waals surface area (Å²) < 4.78 is 0. The minimum atomic E-state index is 0.201. The molecule has 1 aromatic carbocycles. The number of amides is 1. The van der Waals surface area contributed by atoms with Crippen molar-refractivity contribution < 1.29 is 4.79 Å². The Morgan fingerprint density at radius 1 is 1.00 bits per heavy atom. The van der Waals surface area contributed by atoms with Crippen molar-refractivity contribution in [1.82, 2.24) is 4.90 Å². The zero-order chi connectivity index (χ0) is 14.7. The van der Waals surface area contributed by atoms with E-state index < -0.39 is 0 Å². The molecular formula is C18H26N2O. The van der Waals surface area contributed by atoms with Crippen LogP contribution in [0.4, 0.5) is 5.69 Å². The number of carbonyl (C=O) groups is 1. The summed E-state index contributed by atoms with van der Waals surface area (Å²) >= 11 is 0. The Labute approximate surface area is 127 Å². The van der Waals surface area contributed by atoms with Gasteiger partial charge in [0.15, 0.2) is 0 Å². The van der Waals surface area contributed by atoms with Gasteiger partial charge in [0.2, 0.25) is 0 Å². The zero-order valence-corrected chi connectivity index (χ0v) is 13.1. The fraction of sp³-hybridized carbons (Fsp3) is 0.611. The fourth-order valence-electron chi connectivity index (χ4n) is 3.52. The Morgan fingerprint density at radius 2 is 1.71 bits per heavy atom. The first-order valence-electron chi connectivity index (χ1n) is 8.38. The zero-order valence-electron chi connectivity index (χ0n) is 13.1. The number of likely N-dealkylation sites (tertiary alicyclic amines) is 1. The molecule has 2 heterocycles. The molecule has 2 saturated heterocycles. The van der Waals surface area contributed by atoms with Crippen molar-refractivity contribution in [1.29, 1.82) is 0 Å². The van der Waals surface area contributed by atoms with E-state index in [-0.39, 0.29) is 5.91 Å². The molecule has 114 valence electrons. The second-order valence-electron chi connectivity index (χ2n) is 6.59. The van der Waals surface area contributed by atoms with Crippen LogP contribution in [0.5, 0.6) is 0 Å². The maximum absolute atomic E-state index is 12.5. The predicted octanol–water partition coefficient (Wildman–Crippen LogP) is 3.55. The predicted molar refractivity (Wildman–Crippen MR) is 86.8 cm³/mol. The SMILES string of the molecule is CC1CCCN(C(=O)c2ccc(N3CCCCC3)cc2)C1. The van der Waals surface area contributed by atoms with Gasteiger partial charge in [0.1, 0.15) is 0 Å². The first kappa shape index (κ1) is 14.4. The van der Waals surface area contributed by atoms with Gasteiger partial charge in [0, 0.05) is 37.4 Å². The molecule has 0 aromatic heterocycles. The van der Waals surface area contributed by atoms with Gasteiger partial charge in [-0.15, -0.1) is 0 Å². The van der Waals surface area contributed by atoms with Crippen LogP contribution in [-0.4, -0.2) is 37.0 Å². The molecule has 0 N–H and O–H groups in total. The fourth-order valence-corrected chi connectivity index (χ4v) is 3.52. The standard InChI is InChI=1S/C18H26N2O/c1-15-6-5-13-20(14-15)18(21)16-7-9-17(10-8-16)19-11-3-2-4-12-19/h7-10,15H,2-6,11-14H2,1H3. The summed E-state index contributed by atoms with van der Waals surface area (Å²) in [6.07, 6.45) is 6.30. The molecule has 1 unspecified atom stereocenters. The summed E-state index contributed by atoms with van der Waals surface area (Å²) in [5.41, 5.74) is 2.10. The highest BCUT2D eigenvalue weighted by Crippen LogP contribution is 2.22. The largest absolute Gasteiger partial charge is 0.372 e. The van der Waals surface area contributed by atoms with Gasteiger partial charge in [-0.05, 0) is 62.3 Å². The molecule has 3 rings (SSSR count). The van der Waals surface area contributed by atoms with Gasteiger partial charge in [-0.25, -0.2) is 0 Å². The molecule has 0 bridgehead atoms. The van der Waals surface area contributed by atoms with Crippen LogP contribution >= 0.6 is 0 Å². The Bertz CT molecular complexity index is 476. The lowest BCUT2D eigenvalue weighted by molar-refractivity contribution is 0.0683. The average molecular weight is 286 g/mol. The van der Waals surface area contributed by atoms with Crippen molar-refractivity contribution in [2.45, 2.75) is 39.0 Å². The van der Waals surface area contributed by atoms with Crippen molar-refractivity contribution >= 4 is 11.6 Å². The molecule has 1 aromatic rings. The van der Waals surface area contributed by atoms with E-state index in [4.69, 9.17) is 0 Å². The van der Waals surface area contributed by atoms with Crippen LogP contribution in [0.2, 0.25) is 0 Å². The first-order chi connectivity index (χ1) is 10.2. The van der Waals surface area contributed by atoms with Gasteiger partial charge in [-0.3, -0.25) is 4.79 Å². The molecule has 0 saturated carbocycles. The van der Waals surface area contributed by atoms with Crippen LogP contribution in [0.3, 0.4) is 0 Å². The summed E-state index contributed by atoms with van der Waals surface area (Å²) in [5.74, 6) is 0.835. The number of hydrogen-bond acceptors (Lipinski definition) is 2. The summed E-state index contributed by atoms with van der Waals surface area (Å²) in [4.78, 5) is 17.0.